The largest absolute Gasteiger partial charge is 0.465 e. The Morgan fingerprint density at radius 3 is 2.75 bits per heavy atom. The van der Waals surface area contributed by atoms with Crippen LogP contribution in [0.25, 0.3) is 0 Å². The molecule has 1 aromatic rings. The zero-order chi connectivity index (χ0) is 8.97. The molecule has 0 bridgehead atoms. The highest BCUT2D eigenvalue weighted by molar-refractivity contribution is 5.31. The second-order valence-electron chi connectivity index (χ2n) is 2.63. The Kier molecular flexibility index (Phi) is 3.11. The minimum absolute atomic E-state index is 0.355. The fraction of sp³-hybridized carbons (Fsp3) is 0.300. The fourth-order valence-corrected chi connectivity index (χ4v) is 0.894. The Bertz CT molecular complexity index is 245. The number of para-hydroxylation sites is 1. The van der Waals surface area contributed by atoms with Crippen LogP contribution in [0, 0.1) is 13.8 Å². The summed E-state index contributed by atoms with van der Waals surface area (Å²) in [4.78, 5) is 0. The van der Waals surface area contributed by atoms with Crippen molar-refractivity contribution in [1.82, 2.24) is 0 Å². The van der Waals surface area contributed by atoms with Gasteiger partial charge in [-0.05, 0) is 25.5 Å². The Balaban J connectivity index is 2.69. The van der Waals surface area contributed by atoms with E-state index in [9.17, 15) is 0 Å². The number of aliphatic hydroxyl groups is 1. The van der Waals surface area contributed by atoms with Gasteiger partial charge in [0.25, 0.3) is 0 Å². The van der Waals surface area contributed by atoms with E-state index in [0.29, 0.717) is 12.2 Å². The smallest absolute Gasteiger partial charge is 0.197 e. The lowest BCUT2D eigenvalue weighted by Gasteiger charge is -2.12. The molecular weight excluding hydrogens is 152 g/mol. The van der Waals surface area contributed by atoms with Crippen LogP contribution in [0.3, 0.4) is 0 Å². The Morgan fingerprint density at radius 1 is 1.50 bits per heavy atom. The maximum atomic E-state index is 9.15. The van der Waals surface area contributed by atoms with Gasteiger partial charge in [0.15, 0.2) is 6.29 Å². The van der Waals surface area contributed by atoms with Crippen molar-refractivity contribution in [3.8, 4) is 5.75 Å². The van der Waals surface area contributed by atoms with E-state index in [2.05, 4.69) is 6.92 Å². The summed E-state index contributed by atoms with van der Waals surface area (Å²) >= 11 is 0. The summed E-state index contributed by atoms with van der Waals surface area (Å²) in [7, 11) is 0. The van der Waals surface area contributed by atoms with Gasteiger partial charge in [0.05, 0.1) is 0 Å². The predicted octanol–water partition coefficient (Wildman–Crippen LogP) is 1.92. The van der Waals surface area contributed by atoms with Gasteiger partial charge in [0.2, 0.25) is 0 Å². The summed E-state index contributed by atoms with van der Waals surface area (Å²) in [6.45, 7) is 5.47. The summed E-state index contributed by atoms with van der Waals surface area (Å²) in [5, 5.41) is 9.15. The molecule has 0 aliphatic heterocycles. The van der Waals surface area contributed by atoms with Gasteiger partial charge >= 0.3 is 0 Å². The second-order valence-corrected chi connectivity index (χ2v) is 2.63. The van der Waals surface area contributed by atoms with Crippen LogP contribution in [0.15, 0.2) is 24.3 Å². The number of hydrogen-bond donors (Lipinski definition) is 1. The predicted molar refractivity (Wildman–Crippen MR) is 47.8 cm³/mol. The summed E-state index contributed by atoms with van der Waals surface area (Å²) in [5.41, 5.74) is 1.02. The molecule has 0 saturated carbocycles. The van der Waals surface area contributed by atoms with Crippen molar-refractivity contribution >= 4 is 0 Å². The van der Waals surface area contributed by atoms with Gasteiger partial charge < -0.3 is 9.84 Å². The van der Waals surface area contributed by atoms with Crippen LogP contribution in [0.4, 0.5) is 0 Å². The molecule has 0 saturated heterocycles. The number of benzene rings is 1. The zero-order valence-corrected chi connectivity index (χ0v) is 7.16. The van der Waals surface area contributed by atoms with Crippen LogP contribution < -0.4 is 4.74 Å². The third-order valence-electron chi connectivity index (χ3n) is 1.60. The molecule has 12 heavy (non-hydrogen) atoms. The van der Waals surface area contributed by atoms with Crippen LogP contribution in [-0.2, 0) is 0 Å². The molecule has 2 nitrogen and oxygen atoms in total. The average Bonchev–Trinajstić information content (AvgIpc) is 2.09. The molecule has 0 amide bonds. The van der Waals surface area contributed by atoms with E-state index in [1.54, 1.807) is 0 Å². The van der Waals surface area contributed by atoms with E-state index in [4.69, 9.17) is 9.84 Å². The van der Waals surface area contributed by atoms with E-state index < -0.39 is 6.29 Å². The lowest BCUT2D eigenvalue weighted by molar-refractivity contribution is -0.0147. The van der Waals surface area contributed by atoms with Crippen LogP contribution in [-0.4, -0.2) is 11.4 Å². The van der Waals surface area contributed by atoms with Gasteiger partial charge in [-0.15, -0.1) is 0 Å². The van der Waals surface area contributed by atoms with Crippen molar-refractivity contribution in [3.05, 3.63) is 36.8 Å². The number of rotatable bonds is 3. The molecule has 0 spiro atoms. The van der Waals surface area contributed by atoms with E-state index in [-0.39, 0.29) is 0 Å². The topological polar surface area (TPSA) is 29.5 Å². The first-order valence-electron chi connectivity index (χ1n) is 3.93. The van der Waals surface area contributed by atoms with Gasteiger partial charge in [0.1, 0.15) is 5.75 Å². The Hall–Kier alpha value is -1.02. The molecule has 0 aliphatic carbocycles. The highest BCUT2D eigenvalue weighted by Gasteiger charge is 2.03. The van der Waals surface area contributed by atoms with Crippen molar-refractivity contribution in [2.24, 2.45) is 0 Å². The minimum atomic E-state index is -0.800. The first-order chi connectivity index (χ1) is 5.74. The maximum absolute atomic E-state index is 9.15. The number of aliphatic hydroxyl groups excluding tert-OH is 1. The van der Waals surface area contributed by atoms with Crippen molar-refractivity contribution < 1.29 is 9.84 Å². The van der Waals surface area contributed by atoms with Crippen LogP contribution in [0.2, 0.25) is 0 Å². The molecule has 1 atom stereocenters. The van der Waals surface area contributed by atoms with Gasteiger partial charge in [-0.1, -0.05) is 18.2 Å². The quantitative estimate of drug-likeness (QED) is 0.693. The molecule has 0 heterocycles. The lowest BCUT2D eigenvalue weighted by atomic mass is 10.2. The third kappa shape index (κ3) is 2.24. The van der Waals surface area contributed by atoms with Crippen molar-refractivity contribution in [1.29, 1.82) is 0 Å². The molecule has 2 heteroatoms. The summed E-state index contributed by atoms with van der Waals surface area (Å²) in [5.74, 6) is 0.716. The van der Waals surface area contributed by atoms with Gasteiger partial charge in [-0.2, -0.15) is 0 Å². The molecular formula is C10H13O2. The normalized spacial score (nSPS) is 12.6. The van der Waals surface area contributed by atoms with Gasteiger partial charge in [-0.25, -0.2) is 0 Å². The summed E-state index contributed by atoms with van der Waals surface area (Å²) in [6.07, 6.45) is -0.444. The van der Waals surface area contributed by atoms with E-state index in [1.165, 1.54) is 0 Å². The van der Waals surface area contributed by atoms with E-state index in [1.807, 2.05) is 31.2 Å². The van der Waals surface area contributed by atoms with Crippen molar-refractivity contribution in [3.63, 3.8) is 0 Å². The molecule has 65 valence electrons. The SMILES string of the molecule is [CH2]CC(O)Oc1ccccc1C. The lowest BCUT2D eigenvalue weighted by Crippen LogP contribution is -2.14. The molecule has 1 N–H and O–H groups in total. The van der Waals surface area contributed by atoms with Crippen LogP contribution in [0.1, 0.15) is 12.0 Å². The number of ether oxygens (including phenoxy) is 1. The zero-order valence-electron chi connectivity index (χ0n) is 7.16. The Morgan fingerprint density at radius 2 is 2.17 bits per heavy atom. The molecule has 0 fully saturated rings. The minimum Gasteiger partial charge on any atom is -0.465 e. The van der Waals surface area contributed by atoms with Gasteiger partial charge in [-0.3, -0.25) is 0 Å². The van der Waals surface area contributed by atoms with Crippen molar-refractivity contribution in [2.75, 3.05) is 0 Å². The summed E-state index contributed by atoms with van der Waals surface area (Å²) in [6, 6.07) is 7.57. The molecule has 0 aliphatic rings. The molecule has 0 aromatic heterocycles. The number of aryl methyl sites for hydroxylation is 1. The van der Waals surface area contributed by atoms with Crippen LogP contribution >= 0.6 is 0 Å². The summed E-state index contributed by atoms with van der Waals surface area (Å²) < 4.78 is 5.19. The van der Waals surface area contributed by atoms with E-state index >= 15 is 0 Å². The van der Waals surface area contributed by atoms with Crippen molar-refractivity contribution in [2.45, 2.75) is 19.6 Å². The first-order valence-corrected chi connectivity index (χ1v) is 3.93. The molecule has 1 aromatic carbocycles. The molecule has 1 rings (SSSR count). The van der Waals surface area contributed by atoms with E-state index in [0.717, 1.165) is 5.56 Å². The first kappa shape index (κ1) is 9.07. The molecule has 1 radical (unpaired) electrons. The third-order valence-corrected chi connectivity index (χ3v) is 1.60. The monoisotopic (exact) mass is 165 g/mol. The highest BCUT2D eigenvalue weighted by Crippen LogP contribution is 2.17. The maximum Gasteiger partial charge on any atom is 0.197 e. The standard InChI is InChI=1S/C10H13O2/c1-3-10(11)12-9-7-5-4-6-8(9)2/h4-7,10-11H,1,3H2,2H3. The fourth-order valence-electron chi connectivity index (χ4n) is 0.894. The molecule has 1 unspecified atom stereocenters. The van der Waals surface area contributed by atoms with Gasteiger partial charge in [0, 0.05) is 6.42 Å². The average molecular weight is 165 g/mol. The van der Waals surface area contributed by atoms with Crippen LogP contribution in [0.5, 0.6) is 5.75 Å². The highest BCUT2D eigenvalue weighted by atomic mass is 16.6. The second kappa shape index (κ2) is 4.12. The number of hydrogen-bond acceptors (Lipinski definition) is 2. The Labute approximate surface area is 72.8 Å².